The molecule has 0 aliphatic heterocycles. The summed E-state index contributed by atoms with van der Waals surface area (Å²) < 4.78 is 125. The highest BCUT2D eigenvalue weighted by molar-refractivity contribution is 7.99. The van der Waals surface area contributed by atoms with E-state index in [1.165, 1.54) is 145 Å². The molecule has 0 N–H and O–H groups in total. The highest BCUT2D eigenvalue weighted by Gasteiger charge is 2.72. The molecule has 17 aromatic carbocycles. The van der Waals surface area contributed by atoms with Gasteiger partial charge in [0.2, 0.25) is 15.3 Å². The van der Waals surface area contributed by atoms with Crippen LogP contribution in [0, 0.1) is 125 Å². The average Bonchev–Trinajstić information content (AvgIpc) is 0.715. The van der Waals surface area contributed by atoms with Crippen LogP contribution in [-0.2, 0) is 37.9 Å². The number of ether oxygens (including phenoxy) is 1. The first-order valence-corrected chi connectivity index (χ1v) is 50.1. The SMILES string of the molecule is Cc1ccc(-c2ccc(C)cc2)cc1.Cc1ccc(C(C)(C)c2ccc(C)cc2)cc1.Cc1ccc(C(c2ccc(C)cc2)(C(F)(F)F)C(F)(F)F)cc1.Cc1ccc(C)cc1.Cc1ccc(Cc2ccc(C)cc2)cc1.Cc1ccc(Oc2ccc(C)cc2)cc1.Cc1ccc(S(=O)(=O)c2ccc(C)cc2)cc1.Cc1ccc(S(=O)c2ccc(C)cc2)cc1.Cc1ccc(Sc2ccc(C)cc2)cc1. The standard InChI is InChI=1S/C17H14F6.C17H20.C15H16.C14H14O2S.C14H14OS.C14H14O.C14H14S.C14H14.C8H10/c1-11-3-7-13(8-4-11)15(16(18,19)20,17(21,22)23)14-9-5-12(2)6-10-14;1-13-5-9-15(10-6-13)17(3,4)16-11-7-14(2)8-12-16;1-12-3-7-14(8-4-12)11-15-9-5-13(2)6-10-15;1-11-3-7-13(8-4-11)17(15,16)14-9-5-12(2)6-10-14;1-11-3-7-13(8-4-11)16(15)14-9-5-12(2)6-10-14;2*1-11-3-7-13(8-4-11)15-14-9-5-12(2)6-10-14;1-11-3-7-13(8-4-11)14-9-5-12(2)6-10-14;1-7-3-5-8(2)6-4-7/h3-10H,1-2H3;5-12H,1-4H3;3-10H,11H2,1-2H3;3-10H,1-2H3;3-10H,1-2H3;2*3-10H,1-2H3;3-10H,1-2H3;3-6H,1-2H3. The normalized spacial score (nSPS) is 11.0. The van der Waals surface area contributed by atoms with Crippen molar-refractivity contribution in [3.63, 3.8) is 0 Å². The molecular formula is C127H130F6O4S3. The lowest BCUT2D eigenvalue weighted by atomic mass is 9.72. The van der Waals surface area contributed by atoms with Crippen molar-refractivity contribution in [1.82, 2.24) is 0 Å². The monoisotopic (exact) mass is 1930 g/mol. The van der Waals surface area contributed by atoms with Crippen LogP contribution >= 0.6 is 11.8 Å². The Morgan fingerprint density at radius 1 is 0.236 bits per heavy atom. The molecule has 0 saturated carbocycles. The van der Waals surface area contributed by atoms with Gasteiger partial charge in [-0.3, -0.25) is 0 Å². The van der Waals surface area contributed by atoms with Gasteiger partial charge in [0, 0.05) is 25.0 Å². The number of alkyl halides is 6. The Morgan fingerprint density at radius 2 is 0.414 bits per heavy atom. The van der Waals surface area contributed by atoms with E-state index in [4.69, 9.17) is 4.74 Å². The van der Waals surface area contributed by atoms with Crippen molar-refractivity contribution in [3.05, 3.63) is 546 Å². The van der Waals surface area contributed by atoms with Crippen molar-refractivity contribution >= 4 is 32.4 Å². The first-order valence-electron chi connectivity index (χ1n) is 46.7. The summed E-state index contributed by atoms with van der Waals surface area (Å²) in [4.78, 5) is 4.98. The number of hydrogen-bond donors (Lipinski definition) is 0. The molecule has 0 spiro atoms. The quantitative estimate of drug-likeness (QED) is 0.0958. The molecule has 0 aromatic heterocycles. The van der Waals surface area contributed by atoms with Gasteiger partial charge in [-0.15, -0.1) is 0 Å². The number of hydrogen-bond acceptors (Lipinski definition) is 5. The predicted octanol–water partition coefficient (Wildman–Crippen LogP) is 35.7. The van der Waals surface area contributed by atoms with Gasteiger partial charge in [0.15, 0.2) is 0 Å². The molecule has 722 valence electrons. The lowest BCUT2D eigenvalue weighted by Gasteiger charge is -2.38. The number of sulfone groups is 1. The zero-order valence-corrected chi connectivity index (χ0v) is 86.5. The Bertz CT molecular complexity index is 6120. The molecule has 17 rings (SSSR count). The molecule has 13 heteroatoms. The number of benzene rings is 17. The minimum absolute atomic E-state index is 0.0708. The maximum Gasteiger partial charge on any atom is 0.411 e. The Balaban J connectivity index is 0.000000177. The van der Waals surface area contributed by atoms with Gasteiger partial charge in [-0.1, -0.05) is 441 Å². The van der Waals surface area contributed by atoms with Crippen LogP contribution in [0.25, 0.3) is 11.1 Å². The van der Waals surface area contributed by atoms with E-state index in [9.17, 15) is 39.0 Å². The van der Waals surface area contributed by atoms with E-state index in [0.717, 1.165) is 63.1 Å². The molecule has 0 fully saturated rings. The summed E-state index contributed by atoms with van der Waals surface area (Å²) in [6.45, 7) is 40.9. The summed E-state index contributed by atoms with van der Waals surface area (Å²) in [6, 6.07) is 132. The van der Waals surface area contributed by atoms with Gasteiger partial charge >= 0.3 is 12.4 Å². The summed E-state index contributed by atoms with van der Waals surface area (Å²) in [5, 5.41) is 0. The van der Waals surface area contributed by atoms with Crippen LogP contribution in [-0.4, -0.2) is 25.0 Å². The third-order valence-corrected chi connectivity index (χ3v) is 27.6. The van der Waals surface area contributed by atoms with Crippen LogP contribution in [0.1, 0.15) is 147 Å². The Hall–Kier alpha value is -13.4. The fourth-order valence-electron chi connectivity index (χ4n) is 14.2. The van der Waals surface area contributed by atoms with Gasteiger partial charge in [0.25, 0.3) is 0 Å². The molecule has 0 aliphatic rings. The average molecular weight is 1930 g/mol. The van der Waals surface area contributed by atoms with Gasteiger partial charge in [-0.2, -0.15) is 26.3 Å². The van der Waals surface area contributed by atoms with Crippen molar-refractivity contribution in [1.29, 1.82) is 0 Å². The molecule has 0 aliphatic carbocycles. The maximum absolute atomic E-state index is 13.7. The molecule has 0 atom stereocenters. The highest BCUT2D eigenvalue weighted by atomic mass is 32.2. The van der Waals surface area contributed by atoms with Crippen LogP contribution in [0.3, 0.4) is 0 Å². The minimum Gasteiger partial charge on any atom is -0.457 e. The summed E-state index contributed by atoms with van der Waals surface area (Å²) in [7, 11) is -4.44. The maximum atomic E-state index is 13.7. The molecular weight excluding hydrogens is 1800 g/mol. The molecule has 0 radical (unpaired) electrons. The molecule has 0 amide bonds. The Labute approximate surface area is 836 Å². The highest BCUT2D eigenvalue weighted by Crippen LogP contribution is 2.56. The zero-order chi connectivity index (χ0) is 102. The van der Waals surface area contributed by atoms with E-state index in [0.29, 0.717) is 20.9 Å². The van der Waals surface area contributed by atoms with E-state index < -0.39 is 49.5 Å². The number of aryl methyl sites for hydroxylation is 18. The second kappa shape index (κ2) is 52.5. The second-order valence-corrected chi connectivity index (χ2v) is 40.9. The lowest BCUT2D eigenvalue weighted by molar-refractivity contribution is -0.288. The van der Waals surface area contributed by atoms with Gasteiger partial charge < -0.3 is 4.74 Å². The molecule has 0 unspecified atom stereocenters. The third-order valence-electron chi connectivity index (χ3n) is 23.4. The lowest BCUT2D eigenvalue weighted by Crippen LogP contribution is -2.54. The van der Waals surface area contributed by atoms with Gasteiger partial charge in [-0.25, -0.2) is 12.6 Å². The minimum atomic E-state index is -5.53. The number of rotatable bonds is 15. The first kappa shape index (κ1) is 110. The molecule has 0 bridgehead atoms. The smallest absolute Gasteiger partial charge is 0.411 e. The second-order valence-electron chi connectivity index (χ2n) is 36.4. The number of halogens is 6. The van der Waals surface area contributed by atoms with Crippen molar-refractivity contribution < 1.29 is 43.7 Å². The van der Waals surface area contributed by atoms with Crippen molar-refractivity contribution in [2.24, 2.45) is 0 Å². The Morgan fingerprint density at radius 3 is 0.643 bits per heavy atom. The van der Waals surface area contributed by atoms with Gasteiger partial charge in [0.1, 0.15) is 11.5 Å². The molecule has 17 aromatic rings. The summed E-state index contributed by atoms with van der Waals surface area (Å²) in [6.07, 6.45) is -10.0. The van der Waals surface area contributed by atoms with E-state index in [-0.39, 0.29) is 5.41 Å². The van der Waals surface area contributed by atoms with Crippen LogP contribution in [0.5, 0.6) is 11.5 Å². The summed E-state index contributed by atoms with van der Waals surface area (Å²) in [5.41, 5.74) is 23.7. The summed E-state index contributed by atoms with van der Waals surface area (Å²) >= 11 is 1.80. The van der Waals surface area contributed by atoms with Crippen molar-refractivity contribution in [2.75, 3.05) is 0 Å². The molecule has 0 heterocycles. The predicted molar refractivity (Wildman–Crippen MR) is 576 cm³/mol. The van der Waals surface area contributed by atoms with Crippen molar-refractivity contribution in [3.8, 4) is 22.6 Å². The van der Waals surface area contributed by atoms with Crippen LogP contribution in [0.15, 0.2) is 442 Å². The Kier molecular flexibility index (Phi) is 41.4. The fraction of sp³-hybridized carbons (Fsp3) is 0.197. The summed E-state index contributed by atoms with van der Waals surface area (Å²) in [5.74, 6) is 1.76. The third kappa shape index (κ3) is 34.6. The van der Waals surface area contributed by atoms with Crippen LogP contribution in [0.2, 0.25) is 0 Å². The van der Waals surface area contributed by atoms with Gasteiger partial charge in [0.05, 0.1) is 20.6 Å². The first-order chi connectivity index (χ1) is 66.4. The zero-order valence-electron chi connectivity index (χ0n) is 84.1. The largest absolute Gasteiger partial charge is 0.457 e. The van der Waals surface area contributed by atoms with E-state index in [1.54, 1.807) is 74.1 Å². The fourth-order valence-corrected chi connectivity index (χ4v) is 17.3. The van der Waals surface area contributed by atoms with E-state index in [1.807, 2.05) is 125 Å². The molecule has 4 nitrogen and oxygen atoms in total. The topological polar surface area (TPSA) is 60.4 Å². The van der Waals surface area contributed by atoms with Crippen LogP contribution < -0.4 is 4.74 Å². The molecule has 0 saturated heterocycles. The van der Waals surface area contributed by atoms with E-state index >= 15 is 0 Å². The molecule has 140 heavy (non-hydrogen) atoms. The van der Waals surface area contributed by atoms with Gasteiger partial charge in [-0.05, 0) is 273 Å². The van der Waals surface area contributed by atoms with Crippen molar-refractivity contribution in [2.45, 2.75) is 197 Å². The van der Waals surface area contributed by atoms with Crippen LogP contribution in [0.4, 0.5) is 26.3 Å². The van der Waals surface area contributed by atoms with E-state index in [2.05, 4.69) is 315 Å².